The first-order valence-corrected chi connectivity index (χ1v) is 5.68. The Hall–Kier alpha value is -0.0800. The molecule has 2 heteroatoms. The summed E-state index contributed by atoms with van der Waals surface area (Å²) in [5.41, 5.74) is 5.90. The molecule has 1 fully saturated rings. The highest BCUT2D eigenvalue weighted by atomic mass is 15.2. The van der Waals surface area contributed by atoms with Gasteiger partial charge in [0.05, 0.1) is 0 Å². The first kappa shape index (κ1) is 11.0. The summed E-state index contributed by atoms with van der Waals surface area (Å²) in [4.78, 5) is 2.56. The van der Waals surface area contributed by atoms with E-state index in [4.69, 9.17) is 5.73 Å². The van der Waals surface area contributed by atoms with Crippen molar-refractivity contribution in [1.82, 2.24) is 4.90 Å². The maximum absolute atomic E-state index is 5.90. The van der Waals surface area contributed by atoms with Crippen molar-refractivity contribution in [2.24, 2.45) is 11.7 Å². The molecule has 0 saturated carbocycles. The molecule has 0 bridgehead atoms. The fourth-order valence-corrected chi connectivity index (χ4v) is 2.45. The third kappa shape index (κ3) is 2.68. The molecule has 0 aromatic rings. The highest BCUT2D eigenvalue weighted by molar-refractivity contribution is 4.83. The second-order valence-corrected chi connectivity index (χ2v) is 4.36. The van der Waals surface area contributed by atoms with Crippen LogP contribution >= 0.6 is 0 Å². The Morgan fingerprint density at radius 3 is 2.38 bits per heavy atom. The number of hydrogen-bond acceptors (Lipinski definition) is 2. The molecule has 2 atom stereocenters. The van der Waals surface area contributed by atoms with Crippen LogP contribution in [0.15, 0.2) is 0 Å². The average Bonchev–Trinajstić information content (AvgIpc) is 2.54. The van der Waals surface area contributed by atoms with E-state index in [0.717, 1.165) is 18.5 Å². The standard InChI is InChI=1S/C11H24N2/c1-4-10(5-2)9(3)13-7-6-11(12)8-13/h9-11H,4-8,12H2,1-3H3. The maximum atomic E-state index is 5.90. The normalized spacial score (nSPS) is 27.0. The van der Waals surface area contributed by atoms with Gasteiger partial charge in [-0.2, -0.15) is 0 Å². The Morgan fingerprint density at radius 2 is 2.00 bits per heavy atom. The van der Waals surface area contributed by atoms with E-state index >= 15 is 0 Å². The summed E-state index contributed by atoms with van der Waals surface area (Å²) < 4.78 is 0. The third-order valence-corrected chi connectivity index (χ3v) is 3.56. The lowest BCUT2D eigenvalue weighted by atomic mass is 9.94. The molecule has 1 saturated heterocycles. The molecule has 13 heavy (non-hydrogen) atoms. The molecular formula is C11H24N2. The molecule has 2 nitrogen and oxygen atoms in total. The highest BCUT2D eigenvalue weighted by Crippen LogP contribution is 2.21. The fourth-order valence-electron chi connectivity index (χ4n) is 2.45. The van der Waals surface area contributed by atoms with Crippen LogP contribution in [0.2, 0.25) is 0 Å². The van der Waals surface area contributed by atoms with Crippen LogP contribution in [0.1, 0.15) is 40.0 Å². The summed E-state index contributed by atoms with van der Waals surface area (Å²) in [5, 5.41) is 0. The van der Waals surface area contributed by atoms with E-state index in [2.05, 4.69) is 25.7 Å². The summed E-state index contributed by atoms with van der Waals surface area (Å²) in [5.74, 6) is 0.852. The van der Waals surface area contributed by atoms with Gasteiger partial charge < -0.3 is 5.73 Å². The van der Waals surface area contributed by atoms with Gasteiger partial charge in [-0.1, -0.05) is 26.7 Å². The van der Waals surface area contributed by atoms with E-state index in [1.807, 2.05) is 0 Å². The molecule has 0 aromatic heterocycles. The predicted molar refractivity (Wildman–Crippen MR) is 57.7 cm³/mol. The monoisotopic (exact) mass is 184 g/mol. The molecule has 0 aliphatic carbocycles. The second-order valence-electron chi connectivity index (χ2n) is 4.36. The third-order valence-electron chi connectivity index (χ3n) is 3.56. The maximum Gasteiger partial charge on any atom is 0.0180 e. The van der Waals surface area contributed by atoms with Gasteiger partial charge in [-0.25, -0.2) is 0 Å². The topological polar surface area (TPSA) is 29.3 Å². The largest absolute Gasteiger partial charge is 0.326 e. The lowest BCUT2D eigenvalue weighted by molar-refractivity contribution is 0.179. The van der Waals surface area contributed by atoms with Gasteiger partial charge in [0.1, 0.15) is 0 Å². The van der Waals surface area contributed by atoms with Crippen LogP contribution in [0, 0.1) is 5.92 Å². The Kier molecular flexibility index (Phi) is 4.20. The first-order chi connectivity index (χ1) is 6.19. The zero-order chi connectivity index (χ0) is 9.84. The molecule has 1 heterocycles. The van der Waals surface area contributed by atoms with Gasteiger partial charge in [-0.15, -0.1) is 0 Å². The molecule has 1 rings (SSSR count). The van der Waals surface area contributed by atoms with Gasteiger partial charge in [0.15, 0.2) is 0 Å². The Morgan fingerprint density at radius 1 is 1.38 bits per heavy atom. The van der Waals surface area contributed by atoms with Crippen molar-refractivity contribution in [3.05, 3.63) is 0 Å². The van der Waals surface area contributed by atoms with Crippen molar-refractivity contribution < 1.29 is 0 Å². The van der Waals surface area contributed by atoms with Crippen molar-refractivity contribution in [3.8, 4) is 0 Å². The summed E-state index contributed by atoms with van der Waals surface area (Å²) >= 11 is 0. The number of nitrogens with zero attached hydrogens (tertiary/aromatic N) is 1. The van der Waals surface area contributed by atoms with E-state index in [0.29, 0.717) is 6.04 Å². The quantitative estimate of drug-likeness (QED) is 0.722. The minimum Gasteiger partial charge on any atom is -0.326 e. The Balaban J connectivity index is 2.41. The number of nitrogens with two attached hydrogens (primary N) is 1. The molecule has 0 amide bonds. The number of likely N-dealkylation sites (tertiary alicyclic amines) is 1. The van der Waals surface area contributed by atoms with E-state index in [1.54, 1.807) is 0 Å². The smallest absolute Gasteiger partial charge is 0.0180 e. The van der Waals surface area contributed by atoms with Gasteiger partial charge in [0.25, 0.3) is 0 Å². The van der Waals surface area contributed by atoms with E-state index in [1.165, 1.54) is 25.8 Å². The zero-order valence-electron chi connectivity index (χ0n) is 9.29. The van der Waals surface area contributed by atoms with Gasteiger partial charge in [0.2, 0.25) is 0 Å². The van der Waals surface area contributed by atoms with Crippen LogP contribution in [0.25, 0.3) is 0 Å². The van der Waals surface area contributed by atoms with E-state index in [-0.39, 0.29) is 0 Å². The van der Waals surface area contributed by atoms with E-state index in [9.17, 15) is 0 Å². The molecule has 0 radical (unpaired) electrons. The summed E-state index contributed by atoms with van der Waals surface area (Å²) in [7, 11) is 0. The van der Waals surface area contributed by atoms with Crippen LogP contribution in [-0.2, 0) is 0 Å². The first-order valence-electron chi connectivity index (χ1n) is 5.68. The van der Waals surface area contributed by atoms with Gasteiger partial charge in [0, 0.05) is 25.2 Å². The molecule has 78 valence electrons. The predicted octanol–water partition coefficient (Wildman–Crippen LogP) is 1.84. The van der Waals surface area contributed by atoms with E-state index < -0.39 is 0 Å². The Bertz CT molecular complexity index is 143. The average molecular weight is 184 g/mol. The van der Waals surface area contributed by atoms with Crippen molar-refractivity contribution in [2.45, 2.75) is 52.1 Å². The van der Waals surface area contributed by atoms with Gasteiger partial charge >= 0.3 is 0 Å². The Labute approximate surface area is 82.5 Å². The van der Waals surface area contributed by atoms with Gasteiger partial charge in [-0.3, -0.25) is 4.90 Å². The molecule has 1 aliphatic rings. The summed E-state index contributed by atoms with van der Waals surface area (Å²) in [6.45, 7) is 9.26. The van der Waals surface area contributed by atoms with Crippen LogP contribution in [-0.4, -0.2) is 30.1 Å². The summed E-state index contributed by atoms with van der Waals surface area (Å²) in [6, 6.07) is 1.15. The van der Waals surface area contributed by atoms with Crippen molar-refractivity contribution in [2.75, 3.05) is 13.1 Å². The van der Waals surface area contributed by atoms with Gasteiger partial charge in [-0.05, 0) is 19.3 Å². The number of hydrogen-bond donors (Lipinski definition) is 1. The fraction of sp³-hybridized carbons (Fsp3) is 1.00. The van der Waals surface area contributed by atoms with Crippen molar-refractivity contribution in [1.29, 1.82) is 0 Å². The minimum absolute atomic E-state index is 0.428. The van der Waals surface area contributed by atoms with Crippen molar-refractivity contribution in [3.63, 3.8) is 0 Å². The second kappa shape index (κ2) is 4.97. The van der Waals surface area contributed by atoms with Crippen LogP contribution in [0.5, 0.6) is 0 Å². The highest BCUT2D eigenvalue weighted by Gasteiger charge is 2.26. The SMILES string of the molecule is CCC(CC)C(C)N1CCC(N)C1. The lowest BCUT2D eigenvalue weighted by Gasteiger charge is -2.30. The van der Waals surface area contributed by atoms with Crippen molar-refractivity contribution >= 4 is 0 Å². The lowest BCUT2D eigenvalue weighted by Crippen LogP contribution is -2.38. The summed E-state index contributed by atoms with van der Waals surface area (Å²) in [6.07, 6.45) is 3.78. The molecule has 1 aliphatic heterocycles. The molecule has 0 aromatic carbocycles. The molecule has 0 spiro atoms. The molecule has 2 unspecified atom stereocenters. The number of rotatable bonds is 4. The van der Waals surface area contributed by atoms with Crippen LogP contribution in [0.4, 0.5) is 0 Å². The minimum atomic E-state index is 0.428. The van der Waals surface area contributed by atoms with Crippen LogP contribution in [0.3, 0.4) is 0 Å². The zero-order valence-corrected chi connectivity index (χ0v) is 9.29. The molecular weight excluding hydrogens is 160 g/mol. The van der Waals surface area contributed by atoms with Crippen LogP contribution < -0.4 is 5.73 Å². The molecule has 2 N–H and O–H groups in total.